The summed E-state index contributed by atoms with van der Waals surface area (Å²) in [5.74, 6) is -0.838. The standard InChI is InChI=1S/C10H23N3O4/c1-16-8-12-5-3-11-4-6-13-9-17-7-2-10(14)15/h11-13H,2-9H2,1H3,(H,14,15). The second-order valence-corrected chi connectivity index (χ2v) is 3.38. The van der Waals surface area contributed by atoms with Gasteiger partial charge in [0.2, 0.25) is 0 Å². The maximum absolute atomic E-state index is 10.2. The summed E-state index contributed by atoms with van der Waals surface area (Å²) in [5, 5.41) is 17.7. The maximum Gasteiger partial charge on any atom is 0.305 e. The van der Waals surface area contributed by atoms with Crippen LogP contribution in [0, 0.1) is 0 Å². The number of hydrogen-bond donors (Lipinski definition) is 4. The van der Waals surface area contributed by atoms with E-state index in [1.807, 2.05) is 0 Å². The minimum absolute atomic E-state index is 0.0467. The molecule has 102 valence electrons. The quantitative estimate of drug-likeness (QED) is 0.241. The zero-order chi connectivity index (χ0) is 12.8. The highest BCUT2D eigenvalue weighted by Gasteiger charge is 1.95. The van der Waals surface area contributed by atoms with Gasteiger partial charge < -0.3 is 19.9 Å². The van der Waals surface area contributed by atoms with E-state index in [9.17, 15) is 4.79 Å². The lowest BCUT2D eigenvalue weighted by molar-refractivity contribution is -0.138. The van der Waals surface area contributed by atoms with Gasteiger partial charge in [-0.25, -0.2) is 0 Å². The van der Waals surface area contributed by atoms with Crippen LogP contribution in [0.15, 0.2) is 0 Å². The molecular formula is C10H23N3O4. The van der Waals surface area contributed by atoms with E-state index in [2.05, 4.69) is 16.0 Å². The summed E-state index contributed by atoms with van der Waals surface area (Å²) in [6.45, 7) is 4.58. The number of carbonyl (C=O) groups is 1. The second kappa shape index (κ2) is 13.3. The Labute approximate surface area is 102 Å². The van der Waals surface area contributed by atoms with E-state index in [0.717, 1.165) is 26.2 Å². The normalized spacial score (nSPS) is 10.6. The van der Waals surface area contributed by atoms with E-state index >= 15 is 0 Å². The Morgan fingerprint density at radius 3 is 2.24 bits per heavy atom. The van der Waals surface area contributed by atoms with Crippen molar-refractivity contribution in [1.82, 2.24) is 16.0 Å². The zero-order valence-corrected chi connectivity index (χ0v) is 10.3. The first-order chi connectivity index (χ1) is 8.27. The molecule has 7 heteroatoms. The molecule has 0 spiro atoms. The smallest absolute Gasteiger partial charge is 0.305 e. The molecule has 7 nitrogen and oxygen atoms in total. The SMILES string of the molecule is COCNCCNCCNCOCCC(=O)O. The van der Waals surface area contributed by atoms with Gasteiger partial charge >= 0.3 is 5.97 Å². The van der Waals surface area contributed by atoms with Crippen molar-refractivity contribution in [2.45, 2.75) is 6.42 Å². The monoisotopic (exact) mass is 249 g/mol. The fraction of sp³-hybridized carbons (Fsp3) is 0.900. The molecule has 0 aliphatic carbocycles. The van der Waals surface area contributed by atoms with Gasteiger partial charge in [0.25, 0.3) is 0 Å². The lowest BCUT2D eigenvalue weighted by Gasteiger charge is -2.07. The van der Waals surface area contributed by atoms with Gasteiger partial charge in [0.05, 0.1) is 26.5 Å². The molecule has 0 bridgehead atoms. The molecule has 0 unspecified atom stereocenters. The van der Waals surface area contributed by atoms with Crippen molar-refractivity contribution in [1.29, 1.82) is 0 Å². The van der Waals surface area contributed by atoms with Crippen molar-refractivity contribution >= 4 is 5.97 Å². The molecule has 0 heterocycles. The van der Waals surface area contributed by atoms with E-state index in [-0.39, 0.29) is 13.0 Å². The molecule has 0 aromatic carbocycles. The van der Waals surface area contributed by atoms with Crippen LogP contribution in [-0.4, -0.2) is 64.4 Å². The molecule has 0 amide bonds. The Morgan fingerprint density at radius 1 is 1.06 bits per heavy atom. The van der Waals surface area contributed by atoms with Crippen LogP contribution >= 0.6 is 0 Å². The fourth-order valence-corrected chi connectivity index (χ4v) is 1.03. The third-order valence-electron chi connectivity index (χ3n) is 1.87. The molecular weight excluding hydrogens is 226 g/mol. The summed E-state index contributed by atoms with van der Waals surface area (Å²) in [7, 11) is 1.65. The predicted molar refractivity (Wildman–Crippen MR) is 63.8 cm³/mol. The molecule has 0 rings (SSSR count). The van der Waals surface area contributed by atoms with Crippen molar-refractivity contribution < 1.29 is 19.4 Å². The first-order valence-corrected chi connectivity index (χ1v) is 5.68. The number of carboxylic acid groups (broad SMARTS) is 1. The van der Waals surface area contributed by atoms with Gasteiger partial charge in [0.1, 0.15) is 0 Å². The zero-order valence-electron chi connectivity index (χ0n) is 10.3. The van der Waals surface area contributed by atoms with E-state index in [4.69, 9.17) is 14.6 Å². The largest absolute Gasteiger partial charge is 0.481 e. The van der Waals surface area contributed by atoms with Crippen LogP contribution in [0.25, 0.3) is 0 Å². The summed E-state index contributed by atoms with van der Waals surface area (Å²) < 4.78 is 9.89. The number of ether oxygens (including phenoxy) is 2. The Morgan fingerprint density at radius 2 is 1.65 bits per heavy atom. The van der Waals surface area contributed by atoms with Crippen LogP contribution in [0.5, 0.6) is 0 Å². The third kappa shape index (κ3) is 15.3. The molecule has 0 atom stereocenters. The Balaban J connectivity index is 2.91. The fourth-order valence-electron chi connectivity index (χ4n) is 1.03. The van der Waals surface area contributed by atoms with Crippen LogP contribution in [0.1, 0.15) is 6.42 Å². The Hall–Kier alpha value is -0.730. The summed E-state index contributed by atoms with van der Waals surface area (Å²) in [6, 6.07) is 0. The van der Waals surface area contributed by atoms with Gasteiger partial charge in [-0.3, -0.25) is 15.4 Å². The van der Waals surface area contributed by atoms with Crippen molar-refractivity contribution in [3.8, 4) is 0 Å². The highest BCUT2D eigenvalue weighted by atomic mass is 16.5. The Bertz CT molecular complexity index is 181. The number of nitrogens with one attached hydrogen (secondary N) is 3. The van der Waals surface area contributed by atoms with Gasteiger partial charge in [-0.05, 0) is 0 Å². The van der Waals surface area contributed by atoms with Crippen molar-refractivity contribution in [3.63, 3.8) is 0 Å². The molecule has 0 aliphatic heterocycles. The highest BCUT2D eigenvalue weighted by Crippen LogP contribution is 1.79. The Kier molecular flexibility index (Phi) is 12.8. The maximum atomic E-state index is 10.2. The predicted octanol–water partition coefficient (Wildman–Crippen LogP) is -1.19. The van der Waals surface area contributed by atoms with E-state index in [1.54, 1.807) is 7.11 Å². The molecule has 4 N–H and O–H groups in total. The molecule has 0 fully saturated rings. The summed E-state index contributed by atoms with van der Waals surface area (Å²) >= 11 is 0. The van der Waals surface area contributed by atoms with Gasteiger partial charge in [-0.15, -0.1) is 0 Å². The summed E-state index contributed by atoms with van der Waals surface area (Å²) in [6.07, 6.45) is 0.0467. The van der Waals surface area contributed by atoms with Crippen molar-refractivity contribution in [2.24, 2.45) is 0 Å². The number of hydrogen-bond acceptors (Lipinski definition) is 6. The first-order valence-electron chi connectivity index (χ1n) is 5.68. The van der Waals surface area contributed by atoms with Crippen LogP contribution < -0.4 is 16.0 Å². The van der Waals surface area contributed by atoms with Gasteiger partial charge in [-0.2, -0.15) is 0 Å². The van der Waals surface area contributed by atoms with Crippen LogP contribution in [0.2, 0.25) is 0 Å². The van der Waals surface area contributed by atoms with Crippen LogP contribution in [0.3, 0.4) is 0 Å². The molecule has 0 radical (unpaired) electrons. The minimum atomic E-state index is -0.838. The van der Waals surface area contributed by atoms with E-state index in [0.29, 0.717) is 13.5 Å². The average Bonchev–Trinajstić information content (AvgIpc) is 2.30. The van der Waals surface area contributed by atoms with Crippen LogP contribution in [-0.2, 0) is 14.3 Å². The molecule has 0 aliphatic rings. The van der Waals surface area contributed by atoms with E-state index < -0.39 is 5.97 Å². The van der Waals surface area contributed by atoms with Crippen molar-refractivity contribution in [3.05, 3.63) is 0 Å². The summed E-state index contributed by atoms with van der Waals surface area (Å²) in [5.41, 5.74) is 0. The number of methoxy groups -OCH3 is 1. The van der Waals surface area contributed by atoms with Gasteiger partial charge in [-0.1, -0.05) is 0 Å². The lowest BCUT2D eigenvalue weighted by atomic mass is 10.5. The minimum Gasteiger partial charge on any atom is -0.481 e. The van der Waals surface area contributed by atoms with Gasteiger partial charge in [0.15, 0.2) is 0 Å². The number of rotatable bonds is 13. The van der Waals surface area contributed by atoms with Crippen molar-refractivity contribution in [2.75, 3.05) is 53.4 Å². The topological polar surface area (TPSA) is 91.9 Å². The summed E-state index contributed by atoms with van der Waals surface area (Å²) in [4.78, 5) is 10.2. The molecule has 0 aromatic heterocycles. The van der Waals surface area contributed by atoms with E-state index in [1.165, 1.54) is 0 Å². The molecule has 0 aromatic rings. The number of aliphatic carboxylic acids is 1. The molecule has 0 saturated carbocycles. The molecule has 17 heavy (non-hydrogen) atoms. The highest BCUT2D eigenvalue weighted by molar-refractivity contribution is 5.66. The number of carboxylic acids is 1. The first kappa shape index (κ1) is 16.3. The average molecular weight is 249 g/mol. The third-order valence-corrected chi connectivity index (χ3v) is 1.87. The van der Waals surface area contributed by atoms with Crippen LogP contribution in [0.4, 0.5) is 0 Å². The lowest BCUT2D eigenvalue weighted by Crippen LogP contribution is -2.33. The van der Waals surface area contributed by atoms with Gasteiger partial charge in [0, 0.05) is 33.3 Å². The molecule has 0 saturated heterocycles. The second-order valence-electron chi connectivity index (χ2n) is 3.38.